The molecule has 27 heavy (non-hydrogen) atoms. The number of amides is 2. The highest BCUT2D eigenvalue weighted by Gasteiger charge is 2.28. The fourth-order valence-electron chi connectivity index (χ4n) is 2.21. The molecule has 2 N–H and O–H groups in total. The number of nitrogens with zero attached hydrogens (tertiary/aromatic N) is 1. The Morgan fingerprint density at radius 3 is 2.56 bits per heavy atom. The standard InChI is InChI=1S/C17H18F3N3O3S/c1-10-13(11(2)26-23-10)7-27-8-15(24)22-14-6-4-3-5-12(14)16(25)21-9-17(18,19)20/h3-6H,7-9H2,1-2H3,(H,21,25)(H,22,24). The van der Waals surface area contributed by atoms with E-state index in [-0.39, 0.29) is 22.9 Å². The number of hydrogen-bond donors (Lipinski definition) is 2. The first-order valence-corrected chi connectivity index (χ1v) is 9.06. The molecule has 0 radical (unpaired) electrons. The van der Waals surface area contributed by atoms with Crippen LogP contribution in [0.25, 0.3) is 0 Å². The molecule has 0 saturated heterocycles. The second-order valence-electron chi connectivity index (χ2n) is 5.69. The number of carbonyl (C=O) groups excluding carboxylic acids is 2. The van der Waals surface area contributed by atoms with Crippen LogP contribution in [0.3, 0.4) is 0 Å². The summed E-state index contributed by atoms with van der Waals surface area (Å²) >= 11 is 1.33. The SMILES string of the molecule is Cc1noc(C)c1CSCC(=O)Nc1ccccc1C(=O)NCC(F)(F)F. The van der Waals surface area contributed by atoms with Crippen LogP contribution >= 0.6 is 11.8 Å². The number of alkyl halides is 3. The number of aryl methyl sites for hydroxylation is 2. The number of aromatic nitrogens is 1. The lowest BCUT2D eigenvalue weighted by Crippen LogP contribution is -2.34. The maximum Gasteiger partial charge on any atom is 0.405 e. The van der Waals surface area contributed by atoms with Crippen molar-refractivity contribution >= 4 is 29.3 Å². The van der Waals surface area contributed by atoms with E-state index in [0.29, 0.717) is 11.5 Å². The Bertz CT molecular complexity index is 802. The van der Waals surface area contributed by atoms with Crippen LogP contribution in [0.4, 0.5) is 18.9 Å². The summed E-state index contributed by atoms with van der Waals surface area (Å²) in [5.41, 5.74) is 1.79. The van der Waals surface area contributed by atoms with Crippen LogP contribution in [-0.4, -0.2) is 35.4 Å². The molecule has 1 aromatic heterocycles. The Kier molecular flexibility index (Phi) is 6.89. The molecule has 0 unspecified atom stereocenters. The van der Waals surface area contributed by atoms with Crippen molar-refractivity contribution in [2.24, 2.45) is 0 Å². The average molecular weight is 401 g/mol. The summed E-state index contributed by atoms with van der Waals surface area (Å²) in [5.74, 6) is 0.0340. The zero-order valence-corrected chi connectivity index (χ0v) is 15.5. The van der Waals surface area contributed by atoms with Crippen LogP contribution in [0.15, 0.2) is 28.8 Å². The third kappa shape index (κ3) is 6.31. The molecule has 146 valence electrons. The van der Waals surface area contributed by atoms with Crippen molar-refractivity contribution in [3.05, 3.63) is 46.8 Å². The normalized spacial score (nSPS) is 11.3. The van der Waals surface area contributed by atoms with Gasteiger partial charge in [-0.15, -0.1) is 11.8 Å². The number of thioether (sulfide) groups is 1. The third-order valence-electron chi connectivity index (χ3n) is 3.56. The summed E-state index contributed by atoms with van der Waals surface area (Å²) in [6.45, 7) is 2.15. The number of benzene rings is 1. The Balaban J connectivity index is 1.92. The van der Waals surface area contributed by atoms with Gasteiger partial charge in [0.15, 0.2) is 0 Å². The number of rotatable bonds is 7. The minimum atomic E-state index is -4.51. The van der Waals surface area contributed by atoms with Crippen molar-refractivity contribution in [3.63, 3.8) is 0 Å². The van der Waals surface area contributed by atoms with Gasteiger partial charge in [-0.3, -0.25) is 9.59 Å². The molecule has 0 saturated carbocycles. The fraction of sp³-hybridized carbons (Fsp3) is 0.353. The predicted octanol–water partition coefficient (Wildman–Crippen LogP) is 3.46. The quantitative estimate of drug-likeness (QED) is 0.742. The lowest BCUT2D eigenvalue weighted by molar-refractivity contribution is -0.123. The molecular formula is C17H18F3N3O3S. The van der Waals surface area contributed by atoms with Gasteiger partial charge in [0.05, 0.1) is 22.7 Å². The molecule has 1 aromatic carbocycles. The molecule has 1 heterocycles. The van der Waals surface area contributed by atoms with Crippen LogP contribution in [0.2, 0.25) is 0 Å². The number of anilines is 1. The van der Waals surface area contributed by atoms with E-state index in [2.05, 4.69) is 10.5 Å². The number of halogens is 3. The van der Waals surface area contributed by atoms with E-state index in [4.69, 9.17) is 4.52 Å². The van der Waals surface area contributed by atoms with Crippen LogP contribution in [-0.2, 0) is 10.5 Å². The van der Waals surface area contributed by atoms with Crippen molar-refractivity contribution in [1.29, 1.82) is 0 Å². The Morgan fingerprint density at radius 2 is 1.93 bits per heavy atom. The maximum atomic E-state index is 12.3. The highest BCUT2D eigenvalue weighted by atomic mass is 32.2. The van der Waals surface area contributed by atoms with Gasteiger partial charge in [0.1, 0.15) is 12.3 Å². The van der Waals surface area contributed by atoms with Crippen molar-refractivity contribution in [2.75, 3.05) is 17.6 Å². The molecular weight excluding hydrogens is 383 g/mol. The van der Waals surface area contributed by atoms with Crippen molar-refractivity contribution in [3.8, 4) is 0 Å². The van der Waals surface area contributed by atoms with Crippen LogP contribution in [0, 0.1) is 13.8 Å². The van der Waals surface area contributed by atoms with E-state index < -0.39 is 18.6 Å². The summed E-state index contributed by atoms with van der Waals surface area (Å²) in [6, 6.07) is 5.88. The van der Waals surface area contributed by atoms with Gasteiger partial charge in [0.2, 0.25) is 5.91 Å². The van der Waals surface area contributed by atoms with Gasteiger partial charge in [0, 0.05) is 11.3 Å². The molecule has 0 atom stereocenters. The zero-order chi connectivity index (χ0) is 20.0. The molecule has 0 aliphatic rings. The van der Waals surface area contributed by atoms with E-state index in [1.165, 1.54) is 30.0 Å². The summed E-state index contributed by atoms with van der Waals surface area (Å²) in [7, 11) is 0. The van der Waals surface area contributed by atoms with Gasteiger partial charge < -0.3 is 15.2 Å². The molecule has 0 bridgehead atoms. The van der Waals surface area contributed by atoms with Gasteiger partial charge >= 0.3 is 6.18 Å². The van der Waals surface area contributed by atoms with Crippen molar-refractivity contribution < 1.29 is 27.3 Å². The van der Waals surface area contributed by atoms with E-state index in [1.54, 1.807) is 18.3 Å². The fourth-order valence-corrected chi connectivity index (χ4v) is 3.18. The Labute approximate surface area is 157 Å². The number of nitrogens with one attached hydrogen (secondary N) is 2. The van der Waals surface area contributed by atoms with Crippen molar-refractivity contribution in [2.45, 2.75) is 25.8 Å². The molecule has 2 rings (SSSR count). The first kappa shape index (κ1) is 20.8. The highest BCUT2D eigenvalue weighted by molar-refractivity contribution is 7.99. The molecule has 2 aromatic rings. The summed E-state index contributed by atoms with van der Waals surface area (Å²) in [6.07, 6.45) is -4.51. The van der Waals surface area contributed by atoms with Crippen molar-refractivity contribution in [1.82, 2.24) is 10.5 Å². The first-order chi connectivity index (χ1) is 12.7. The molecule has 0 fully saturated rings. The largest absolute Gasteiger partial charge is 0.405 e. The minimum absolute atomic E-state index is 0.0363. The van der Waals surface area contributed by atoms with Gasteiger partial charge in [-0.2, -0.15) is 13.2 Å². The third-order valence-corrected chi connectivity index (χ3v) is 4.52. The smallest absolute Gasteiger partial charge is 0.361 e. The number of para-hydroxylation sites is 1. The van der Waals surface area contributed by atoms with Crippen LogP contribution < -0.4 is 10.6 Å². The van der Waals surface area contributed by atoms with E-state index in [1.807, 2.05) is 6.92 Å². The zero-order valence-electron chi connectivity index (χ0n) is 14.6. The monoisotopic (exact) mass is 401 g/mol. The molecule has 10 heteroatoms. The van der Waals surface area contributed by atoms with E-state index in [0.717, 1.165) is 11.3 Å². The first-order valence-electron chi connectivity index (χ1n) is 7.90. The minimum Gasteiger partial charge on any atom is -0.361 e. The second-order valence-corrected chi connectivity index (χ2v) is 6.67. The van der Waals surface area contributed by atoms with Gasteiger partial charge in [0.25, 0.3) is 5.91 Å². The maximum absolute atomic E-state index is 12.3. The topological polar surface area (TPSA) is 84.2 Å². The lowest BCUT2D eigenvalue weighted by Gasteiger charge is -2.12. The van der Waals surface area contributed by atoms with Crippen LogP contribution in [0.1, 0.15) is 27.4 Å². The Morgan fingerprint density at radius 1 is 1.22 bits per heavy atom. The van der Waals surface area contributed by atoms with Crippen LogP contribution in [0.5, 0.6) is 0 Å². The number of carbonyl (C=O) groups is 2. The molecule has 0 spiro atoms. The molecule has 6 nitrogen and oxygen atoms in total. The lowest BCUT2D eigenvalue weighted by atomic mass is 10.1. The number of hydrogen-bond acceptors (Lipinski definition) is 5. The van der Waals surface area contributed by atoms with E-state index in [9.17, 15) is 22.8 Å². The summed E-state index contributed by atoms with van der Waals surface area (Å²) in [5, 5.41) is 8.18. The predicted molar refractivity (Wildman–Crippen MR) is 95.6 cm³/mol. The highest BCUT2D eigenvalue weighted by Crippen LogP contribution is 2.21. The summed E-state index contributed by atoms with van der Waals surface area (Å²) in [4.78, 5) is 24.1. The molecule has 2 amide bonds. The summed E-state index contributed by atoms with van der Waals surface area (Å²) < 4.78 is 41.8. The molecule has 0 aliphatic heterocycles. The van der Waals surface area contributed by atoms with Gasteiger partial charge in [-0.25, -0.2) is 0 Å². The average Bonchev–Trinajstić information content (AvgIpc) is 2.91. The Hall–Kier alpha value is -2.49. The molecule has 0 aliphatic carbocycles. The second kappa shape index (κ2) is 8.94. The van der Waals surface area contributed by atoms with Gasteiger partial charge in [-0.05, 0) is 26.0 Å². The van der Waals surface area contributed by atoms with E-state index >= 15 is 0 Å². The van der Waals surface area contributed by atoms with Gasteiger partial charge in [-0.1, -0.05) is 17.3 Å².